The Morgan fingerprint density at radius 2 is 1.77 bits per heavy atom. The third-order valence-electron chi connectivity index (χ3n) is 5.32. The van der Waals surface area contributed by atoms with Gasteiger partial charge in [0.2, 0.25) is 0 Å². The molecule has 0 aromatic heterocycles. The molecule has 0 bridgehead atoms. The van der Waals surface area contributed by atoms with Gasteiger partial charge in [-0.25, -0.2) is 0 Å². The summed E-state index contributed by atoms with van der Waals surface area (Å²) in [4.78, 5) is 16.1. The largest absolute Gasteiger partial charge is 0.493 e. The van der Waals surface area contributed by atoms with Gasteiger partial charge in [-0.2, -0.15) is 0 Å². The number of nitrogens with zero attached hydrogens (tertiary/aromatic N) is 1. The van der Waals surface area contributed by atoms with E-state index < -0.39 is 0 Å². The van der Waals surface area contributed by atoms with Gasteiger partial charge < -0.3 is 29.3 Å². The van der Waals surface area contributed by atoms with Crippen molar-refractivity contribution in [2.45, 2.75) is 13.5 Å². The van der Waals surface area contributed by atoms with Crippen LogP contribution in [0.4, 0.5) is 5.69 Å². The quantitative estimate of drug-likeness (QED) is 0.644. The van der Waals surface area contributed by atoms with Crippen LogP contribution in [0.3, 0.4) is 0 Å². The van der Waals surface area contributed by atoms with E-state index in [9.17, 15) is 4.79 Å². The van der Waals surface area contributed by atoms with Crippen LogP contribution < -0.4 is 29.3 Å². The first-order chi connectivity index (χ1) is 14.6. The maximum Gasteiger partial charge on any atom is 0.275 e. The molecule has 1 heterocycles. The van der Waals surface area contributed by atoms with Crippen LogP contribution in [0.25, 0.3) is 0 Å². The van der Waals surface area contributed by atoms with Crippen molar-refractivity contribution in [3.05, 3.63) is 48.0 Å². The number of ether oxygens (including phenoxy) is 3. The third kappa shape index (κ3) is 5.57. The fraction of sp³-hybridized carbons (Fsp3) is 0.435. The summed E-state index contributed by atoms with van der Waals surface area (Å²) in [7, 11) is 3.22. The Hall–Kier alpha value is -2.93. The highest BCUT2D eigenvalue weighted by Crippen LogP contribution is 2.28. The Bertz CT molecular complexity index is 835. The van der Waals surface area contributed by atoms with Crippen molar-refractivity contribution in [2.24, 2.45) is 0 Å². The molecule has 1 amide bonds. The van der Waals surface area contributed by atoms with E-state index in [1.807, 2.05) is 43.3 Å². The normalized spacial score (nSPS) is 14.3. The zero-order valence-electron chi connectivity index (χ0n) is 18.1. The number of para-hydroxylation sites is 2. The number of carbonyl (C=O) groups is 1. The van der Waals surface area contributed by atoms with Crippen molar-refractivity contribution in [3.8, 4) is 17.2 Å². The lowest BCUT2D eigenvalue weighted by atomic mass is 10.2. The van der Waals surface area contributed by atoms with E-state index in [-0.39, 0.29) is 5.91 Å². The van der Waals surface area contributed by atoms with Gasteiger partial charge in [0.05, 0.1) is 52.7 Å². The lowest BCUT2D eigenvalue weighted by molar-refractivity contribution is -0.892. The van der Waals surface area contributed by atoms with E-state index in [0.29, 0.717) is 31.2 Å². The minimum atomic E-state index is 0.0583. The lowest BCUT2D eigenvalue weighted by Gasteiger charge is -2.34. The van der Waals surface area contributed by atoms with Gasteiger partial charge >= 0.3 is 0 Å². The van der Waals surface area contributed by atoms with Crippen molar-refractivity contribution in [1.29, 1.82) is 0 Å². The van der Waals surface area contributed by atoms with Crippen LogP contribution >= 0.6 is 0 Å². The first-order valence-corrected chi connectivity index (χ1v) is 10.4. The van der Waals surface area contributed by atoms with Crippen molar-refractivity contribution in [3.63, 3.8) is 0 Å². The van der Waals surface area contributed by atoms with E-state index in [2.05, 4.69) is 16.3 Å². The van der Waals surface area contributed by atoms with Crippen molar-refractivity contribution < 1.29 is 23.9 Å². The summed E-state index contributed by atoms with van der Waals surface area (Å²) in [5.41, 5.74) is 2.12. The molecular weight excluding hydrogens is 382 g/mol. The van der Waals surface area contributed by atoms with Gasteiger partial charge in [0.25, 0.3) is 5.91 Å². The monoisotopic (exact) mass is 414 g/mol. The Morgan fingerprint density at radius 1 is 1.03 bits per heavy atom. The number of piperazine rings is 1. The molecule has 7 nitrogen and oxygen atoms in total. The van der Waals surface area contributed by atoms with Gasteiger partial charge in [-0.15, -0.1) is 0 Å². The van der Waals surface area contributed by atoms with E-state index in [4.69, 9.17) is 14.2 Å². The number of hydrogen-bond acceptors (Lipinski definition) is 5. The molecule has 0 saturated carbocycles. The molecule has 0 aliphatic carbocycles. The number of anilines is 1. The summed E-state index contributed by atoms with van der Waals surface area (Å²) in [5.74, 6) is 2.33. The predicted molar refractivity (Wildman–Crippen MR) is 117 cm³/mol. The SMILES string of the molecule is CCOc1ccccc1N1CC[NH+](CC(=O)NCc2ccc(OC)c(OC)c2)CC1. The predicted octanol–water partition coefficient (Wildman–Crippen LogP) is 1.12. The topological polar surface area (TPSA) is 64.5 Å². The number of carbonyl (C=O) groups excluding carboxylic acids is 1. The third-order valence-corrected chi connectivity index (χ3v) is 5.32. The molecule has 2 aromatic carbocycles. The summed E-state index contributed by atoms with van der Waals surface area (Å²) >= 11 is 0. The molecule has 7 heteroatoms. The zero-order chi connectivity index (χ0) is 21.3. The van der Waals surface area contributed by atoms with Crippen molar-refractivity contribution in [1.82, 2.24) is 5.32 Å². The van der Waals surface area contributed by atoms with Crippen LogP contribution in [-0.4, -0.2) is 59.5 Å². The molecule has 0 atom stereocenters. The smallest absolute Gasteiger partial charge is 0.275 e. The van der Waals surface area contributed by atoms with Crippen LogP contribution in [0.2, 0.25) is 0 Å². The Kier molecular flexibility index (Phi) is 7.79. The highest BCUT2D eigenvalue weighted by molar-refractivity contribution is 5.76. The molecule has 30 heavy (non-hydrogen) atoms. The Morgan fingerprint density at radius 3 is 2.47 bits per heavy atom. The summed E-state index contributed by atoms with van der Waals surface area (Å²) in [6, 6.07) is 13.8. The van der Waals surface area contributed by atoms with E-state index in [0.717, 1.165) is 43.2 Å². The summed E-state index contributed by atoms with van der Waals surface area (Å²) in [6.07, 6.45) is 0. The van der Waals surface area contributed by atoms with Gasteiger partial charge in [-0.1, -0.05) is 18.2 Å². The molecule has 1 aliphatic heterocycles. The molecule has 2 aromatic rings. The second kappa shape index (κ2) is 10.7. The van der Waals surface area contributed by atoms with E-state index >= 15 is 0 Å². The minimum absolute atomic E-state index is 0.0583. The number of amides is 1. The molecule has 0 spiro atoms. The average molecular weight is 415 g/mol. The number of nitrogens with one attached hydrogen (secondary N) is 2. The molecule has 1 saturated heterocycles. The van der Waals surface area contributed by atoms with E-state index in [1.54, 1.807) is 14.2 Å². The maximum absolute atomic E-state index is 12.4. The molecule has 0 unspecified atom stereocenters. The fourth-order valence-electron chi connectivity index (χ4n) is 3.72. The maximum atomic E-state index is 12.4. The zero-order valence-corrected chi connectivity index (χ0v) is 18.1. The minimum Gasteiger partial charge on any atom is -0.493 e. The molecule has 1 aliphatic rings. The molecule has 0 radical (unpaired) electrons. The highest BCUT2D eigenvalue weighted by Gasteiger charge is 2.24. The fourth-order valence-corrected chi connectivity index (χ4v) is 3.72. The van der Waals surface area contributed by atoms with Gasteiger partial charge in [0.15, 0.2) is 18.0 Å². The first-order valence-electron chi connectivity index (χ1n) is 10.4. The molecular formula is C23H32N3O4+. The second-order valence-corrected chi connectivity index (χ2v) is 7.28. The molecule has 1 fully saturated rings. The van der Waals surface area contributed by atoms with Crippen molar-refractivity contribution in [2.75, 3.05) is 58.5 Å². The number of quaternary nitrogens is 1. The van der Waals surface area contributed by atoms with Gasteiger partial charge in [-0.05, 0) is 36.8 Å². The van der Waals surface area contributed by atoms with Gasteiger partial charge in [0, 0.05) is 6.54 Å². The molecule has 162 valence electrons. The number of benzene rings is 2. The highest BCUT2D eigenvalue weighted by atomic mass is 16.5. The number of hydrogen-bond donors (Lipinski definition) is 2. The van der Waals surface area contributed by atoms with Gasteiger partial charge in [0.1, 0.15) is 5.75 Å². The lowest BCUT2D eigenvalue weighted by Crippen LogP contribution is -3.15. The van der Waals surface area contributed by atoms with E-state index in [1.165, 1.54) is 4.90 Å². The summed E-state index contributed by atoms with van der Waals surface area (Å²) in [6.45, 7) is 7.26. The Labute approximate surface area is 178 Å². The standard InChI is InChI=1S/C23H31N3O4/c1-4-30-20-8-6-5-7-19(20)26-13-11-25(12-14-26)17-23(27)24-16-18-9-10-21(28-2)22(15-18)29-3/h5-10,15H,4,11-14,16-17H2,1-3H3,(H,24,27)/p+1. The number of rotatable bonds is 9. The van der Waals surface area contributed by atoms with Crippen molar-refractivity contribution >= 4 is 11.6 Å². The Balaban J connectivity index is 1.47. The average Bonchev–Trinajstić information content (AvgIpc) is 2.78. The first kappa shape index (κ1) is 21.8. The molecule has 3 rings (SSSR count). The summed E-state index contributed by atoms with van der Waals surface area (Å²) in [5, 5.41) is 3.01. The van der Waals surface area contributed by atoms with Crippen LogP contribution in [-0.2, 0) is 11.3 Å². The summed E-state index contributed by atoms with van der Waals surface area (Å²) < 4.78 is 16.3. The number of methoxy groups -OCH3 is 2. The van der Waals surface area contributed by atoms with Gasteiger partial charge in [-0.3, -0.25) is 4.79 Å². The second-order valence-electron chi connectivity index (χ2n) is 7.28. The van der Waals surface area contributed by atoms with Crippen LogP contribution in [0.1, 0.15) is 12.5 Å². The van der Waals surface area contributed by atoms with Crippen LogP contribution in [0, 0.1) is 0 Å². The molecule has 2 N–H and O–H groups in total. The van der Waals surface area contributed by atoms with Crippen LogP contribution in [0.5, 0.6) is 17.2 Å². The van der Waals surface area contributed by atoms with Crippen LogP contribution in [0.15, 0.2) is 42.5 Å².